The summed E-state index contributed by atoms with van der Waals surface area (Å²) in [6.07, 6.45) is -0.110. The second kappa shape index (κ2) is 10.0. The average Bonchev–Trinajstić information content (AvgIpc) is 2.63. The van der Waals surface area contributed by atoms with Gasteiger partial charge in [0.25, 0.3) is 5.91 Å². The molecule has 0 radical (unpaired) electrons. The Bertz CT molecular complexity index is 824. The summed E-state index contributed by atoms with van der Waals surface area (Å²) < 4.78 is 5.85. The predicted octanol–water partition coefficient (Wildman–Crippen LogP) is 4.27. The predicted molar refractivity (Wildman–Crippen MR) is 112 cm³/mol. The minimum absolute atomic E-state index is 0.0143. The minimum atomic E-state index is -0.599. The molecule has 0 saturated carbocycles. The fourth-order valence-electron chi connectivity index (χ4n) is 2.55. The number of carbonyl (C=O) groups is 3. The molecule has 0 bridgehead atoms. The van der Waals surface area contributed by atoms with Gasteiger partial charge in [-0.2, -0.15) is 0 Å². The summed E-state index contributed by atoms with van der Waals surface area (Å²) in [5, 5.41) is 5.46. The standard InChI is InChI=1S/C21H23BrN2O4/c1-13-4-6-17(14(2)10-13)23-19(25)8-9-21(27)28-12-20(26)24-18-7-5-16(22)11-15(18)3/h4-7,10-11H,8-9,12H2,1-3H3,(H,23,25)(H,24,26). The van der Waals surface area contributed by atoms with Crippen LogP contribution in [0.25, 0.3) is 0 Å². The van der Waals surface area contributed by atoms with E-state index >= 15 is 0 Å². The number of nitrogens with one attached hydrogen (secondary N) is 2. The van der Waals surface area contributed by atoms with Crippen LogP contribution < -0.4 is 10.6 Å². The van der Waals surface area contributed by atoms with Gasteiger partial charge in [-0.05, 0) is 56.2 Å². The molecule has 6 nitrogen and oxygen atoms in total. The summed E-state index contributed by atoms with van der Waals surface area (Å²) in [5.74, 6) is -1.31. The van der Waals surface area contributed by atoms with Crippen LogP contribution in [0.15, 0.2) is 40.9 Å². The van der Waals surface area contributed by atoms with E-state index in [-0.39, 0.29) is 18.7 Å². The molecule has 2 rings (SSSR count). The van der Waals surface area contributed by atoms with Gasteiger partial charge in [0.15, 0.2) is 6.61 Å². The third kappa shape index (κ3) is 6.81. The van der Waals surface area contributed by atoms with Crippen LogP contribution in [0, 0.1) is 20.8 Å². The highest BCUT2D eigenvalue weighted by Crippen LogP contribution is 2.20. The van der Waals surface area contributed by atoms with Crippen molar-refractivity contribution in [3.8, 4) is 0 Å². The van der Waals surface area contributed by atoms with Crippen molar-refractivity contribution in [2.45, 2.75) is 33.6 Å². The lowest BCUT2D eigenvalue weighted by Crippen LogP contribution is -2.22. The molecule has 0 heterocycles. The van der Waals surface area contributed by atoms with Crippen molar-refractivity contribution in [3.05, 3.63) is 57.6 Å². The maximum Gasteiger partial charge on any atom is 0.306 e. The molecule has 0 aromatic heterocycles. The lowest BCUT2D eigenvalue weighted by Gasteiger charge is -2.10. The molecule has 2 aromatic rings. The van der Waals surface area contributed by atoms with Crippen LogP contribution in [0.5, 0.6) is 0 Å². The van der Waals surface area contributed by atoms with E-state index in [1.165, 1.54) is 0 Å². The number of benzene rings is 2. The first-order valence-corrected chi connectivity index (χ1v) is 9.62. The van der Waals surface area contributed by atoms with Gasteiger partial charge < -0.3 is 15.4 Å². The van der Waals surface area contributed by atoms with Gasteiger partial charge in [0, 0.05) is 22.3 Å². The second-order valence-electron chi connectivity index (χ2n) is 6.53. The molecular formula is C21H23BrN2O4. The van der Waals surface area contributed by atoms with Crippen LogP contribution in [0.2, 0.25) is 0 Å². The summed E-state index contributed by atoms with van der Waals surface area (Å²) in [7, 11) is 0. The maximum absolute atomic E-state index is 12.0. The van der Waals surface area contributed by atoms with Crippen LogP contribution in [0.4, 0.5) is 11.4 Å². The maximum atomic E-state index is 12.0. The molecule has 28 heavy (non-hydrogen) atoms. The van der Waals surface area contributed by atoms with Gasteiger partial charge in [0.1, 0.15) is 0 Å². The quantitative estimate of drug-likeness (QED) is 0.621. The van der Waals surface area contributed by atoms with Crippen LogP contribution >= 0.6 is 15.9 Å². The largest absolute Gasteiger partial charge is 0.456 e. The summed E-state index contributed by atoms with van der Waals surface area (Å²) in [4.78, 5) is 35.7. The Balaban J connectivity index is 1.73. The number of amides is 2. The summed E-state index contributed by atoms with van der Waals surface area (Å²) >= 11 is 3.35. The highest BCUT2D eigenvalue weighted by molar-refractivity contribution is 9.10. The van der Waals surface area contributed by atoms with Crippen molar-refractivity contribution in [2.24, 2.45) is 0 Å². The number of hydrogen-bond donors (Lipinski definition) is 2. The minimum Gasteiger partial charge on any atom is -0.456 e. The number of rotatable bonds is 7. The molecule has 2 N–H and O–H groups in total. The van der Waals surface area contributed by atoms with Crippen molar-refractivity contribution >= 4 is 45.1 Å². The number of hydrogen-bond acceptors (Lipinski definition) is 4. The van der Waals surface area contributed by atoms with Gasteiger partial charge in [-0.3, -0.25) is 14.4 Å². The second-order valence-corrected chi connectivity index (χ2v) is 7.45. The smallest absolute Gasteiger partial charge is 0.306 e. The van der Waals surface area contributed by atoms with Crippen molar-refractivity contribution < 1.29 is 19.1 Å². The van der Waals surface area contributed by atoms with Crippen LogP contribution in [-0.2, 0) is 19.1 Å². The third-order valence-corrected chi connectivity index (χ3v) is 4.53. The Morgan fingerprint density at radius 3 is 2.11 bits per heavy atom. The number of ether oxygens (including phenoxy) is 1. The van der Waals surface area contributed by atoms with Gasteiger partial charge in [0.2, 0.25) is 5.91 Å². The van der Waals surface area contributed by atoms with Crippen molar-refractivity contribution in [1.82, 2.24) is 0 Å². The fraction of sp³-hybridized carbons (Fsp3) is 0.286. The SMILES string of the molecule is Cc1ccc(NC(=O)CCC(=O)OCC(=O)Nc2ccc(Br)cc2C)c(C)c1. The normalized spacial score (nSPS) is 10.3. The number of aryl methyl sites for hydroxylation is 3. The molecule has 2 amide bonds. The first kappa shape index (κ1) is 21.6. The Labute approximate surface area is 172 Å². The summed E-state index contributed by atoms with van der Waals surface area (Å²) in [6, 6.07) is 11.1. The number of anilines is 2. The zero-order chi connectivity index (χ0) is 20.7. The molecule has 0 aliphatic heterocycles. The van der Waals surface area contributed by atoms with E-state index < -0.39 is 18.5 Å². The Morgan fingerprint density at radius 2 is 1.46 bits per heavy atom. The van der Waals surface area contributed by atoms with E-state index in [0.717, 1.165) is 21.2 Å². The molecule has 0 saturated heterocycles. The highest BCUT2D eigenvalue weighted by Gasteiger charge is 2.12. The van der Waals surface area contributed by atoms with E-state index in [4.69, 9.17) is 4.74 Å². The van der Waals surface area contributed by atoms with E-state index in [1.807, 2.05) is 51.1 Å². The number of esters is 1. The molecule has 2 aromatic carbocycles. The lowest BCUT2D eigenvalue weighted by atomic mass is 10.1. The summed E-state index contributed by atoms with van der Waals surface area (Å²) in [5.41, 5.74) is 4.31. The number of halogens is 1. The Kier molecular flexibility index (Phi) is 7.75. The van der Waals surface area contributed by atoms with Crippen LogP contribution in [-0.4, -0.2) is 24.4 Å². The third-order valence-electron chi connectivity index (χ3n) is 4.04. The zero-order valence-corrected chi connectivity index (χ0v) is 17.7. The molecule has 7 heteroatoms. The molecule has 0 aliphatic rings. The van der Waals surface area contributed by atoms with E-state index in [2.05, 4.69) is 26.6 Å². The molecular weight excluding hydrogens is 424 g/mol. The Morgan fingerprint density at radius 1 is 0.857 bits per heavy atom. The van der Waals surface area contributed by atoms with E-state index in [1.54, 1.807) is 6.07 Å². The highest BCUT2D eigenvalue weighted by atomic mass is 79.9. The fourth-order valence-corrected chi connectivity index (χ4v) is 3.03. The van der Waals surface area contributed by atoms with Crippen molar-refractivity contribution in [3.63, 3.8) is 0 Å². The van der Waals surface area contributed by atoms with Gasteiger partial charge in [-0.1, -0.05) is 33.6 Å². The first-order valence-electron chi connectivity index (χ1n) is 8.83. The van der Waals surface area contributed by atoms with Gasteiger partial charge in [-0.15, -0.1) is 0 Å². The molecule has 0 atom stereocenters. The zero-order valence-electron chi connectivity index (χ0n) is 16.1. The monoisotopic (exact) mass is 446 g/mol. The molecule has 0 fully saturated rings. The van der Waals surface area contributed by atoms with Gasteiger partial charge in [0.05, 0.1) is 6.42 Å². The van der Waals surface area contributed by atoms with Crippen LogP contribution in [0.1, 0.15) is 29.5 Å². The molecule has 0 spiro atoms. The van der Waals surface area contributed by atoms with Crippen molar-refractivity contribution in [2.75, 3.05) is 17.2 Å². The van der Waals surface area contributed by atoms with Gasteiger partial charge in [-0.25, -0.2) is 0 Å². The lowest BCUT2D eigenvalue weighted by molar-refractivity contribution is -0.147. The molecule has 0 unspecified atom stereocenters. The topological polar surface area (TPSA) is 84.5 Å². The van der Waals surface area contributed by atoms with Gasteiger partial charge >= 0.3 is 5.97 Å². The van der Waals surface area contributed by atoms with E-state index in [0.29, 0.717) is 11.4 Å². The first-order chi connectivity index (χ1) is 13.2. The average molecular weight is 447 g/mol. The number of carbonyl (C=O) groups excluding carboxylic acids is 3. The molecule has 0 aliphatic carbocycles. The van der Waals surface area contributed by atoms with Crippen LogP contribution in [0.3, 0.4) is 0 Å². The molecule has 148 valence electrons. The Hall–Kier alpha value is -2.67. The summed E-state index contributed by atoms with van der Waals surface area (Å²) in [6.45, 7) is 5.35. The van der Waals surface area contributed by atoms with Crippen molar-refractivity contribution in [1.29, 1.82) is 0 Å². The van der Waals surface area contributed by atoms with E-state index in [9.17, 15) is 14.4 Å².